The summed E-state index contributed by atoms with van der Waals surface area (Å²) in [7, 11) is 0. The number of aliphatic hydroxyl groups is 1. The summed E-state index contributed by atoms with van der Waals surface area (Å²) in [5.74, 6) is 0. The highest BCUT2D eigenvalue weighted by Gasteiger charge is 2.19. The maximum absolute atomic E-state index is 10.0. The second-order valence-corrected chi connectivity index (χ2v) is 7.42. The molecule has 1 aromatic carbocycles. The van der Waals surface area contributed by atoms with Gasteiger partial charge in [-0.2, -0.15) is 0 Å². The zero-order valence-corrected chi connectivity index (χ0v) is 14.6. The fourth-order valence-electron chi connectivity index (χ4n) is 3.12. The third-order valence-corrected chi connectivity index (χ3v) is 4.78. The summed E-state index contributed by atoms with van der Waals surface area (Å²) in [6.07, 6.45) is 6.37. The second kappa shape index (κ2) is 7.28. The van der Waals surface area contributed by atoms with Crippen LogP contribution in [0.3, 0.4) is 0 Å². The summed E-state index contributed by atoms with van der Waals surface area (Å²) < 4.78 is 0. The van der Waals surface area contributed by atoms with E-state index in [0.717, 1.165) is 38.5 Å². The highest BCUT2D eigenvalue weighted by atomic mass is 16.3. The van der Waals surface area contributed by atoms with Gasteiger partial charge in [-0.25, -0.2) is 0 Å². The van der Waals surface area contributed by atoms with Gasteiger partial charge in [0.05, 0.1) is 5.60 Å². The number of allylic oxidation sites excluding steroid dienone is 4. The molecule has 0 fully saturated rings. The van der Waals surface area contributed by atoms with E-state index in [4.69, 9.17) is 0 Å². The van der Waals surface area contributed by atoms with Crippen molar-refractivity contribution in [1.82, 2.24) is 0 Å². The number of aryl methyl sites for hydroxylation is 1. The Morgan fingerprint density at radius 3 is 1.95 bits per heavy atom. The highest BCUT2D eigenvalue weighted by Crippen LogP contribution is 2.35. The first kappa shape index (κ1) is 17.0. The molecule has 0 saturated heterocycles. The average Bonchev–Trinajstić information content (AvgIpc) is 2.47. The van der Waals surface area contributed by atoms with Crippen LogP contribution >= 0.6 is 0 Å². The van der Waals surface area contributed by atoms with Gasteiger partial charge >= 0.3 is 0 Å². The molecular weight excluding hydrogens is 268 g/mol. The third kappa shape index (κ3) is 5.14. The molecule has 22 heavy (non-hydrogen) atoms. The topological polar surface area (TPSA) is 20.2 Å². The first-order valence-corrected chi connectivity index (χ1v) is 8.46. The first-order chi connectivity index (χ1) is 10.3. The van der Waals surface area contributed by atoms with Crippen LogP contribution in [0.4, 0.5) is 0 Å². The molecular formula is C21H30O. The quantitative estimate of drug-likeness (QED) is 0.678. The van der Waals surface area contributed by atoms with E-state index < -0.39 is 5.60 Å². The summed E-state index contributed by atoms with van der Waals surface area (Å²) in [4.78, 5) is 0. The molecule has 0 amide bonds. The lowest BCUT2D eigenvalue weighted by Crippen LogP contribution is -2.19. The molecule has 1 aliphatic carbocycles. The van der Waals surface area contributed by atoms with Crippen LogP contribution in [0, 0.1) is 0 Å². The van der Waals surface area contributed by atoms with Crippen molar-refractivity contribution in [3.63, 3.8) is 0 Å². The Morgan fingerprint density at radius 2 is 1.41 bits per heavy atom. The molecule has 0 aliphatic heterocycles. The second-order valence-electron chi connectivity index (χ2n) is 7.42. The summed E-state index contributed by atoms with van der Waals surface area (Å²) in [6.45, 7) is 8.35. The van der Waals surface area contributed by atoms with Gasteiger partial charge in [-0.05, 0) is 71.8 Å². The number of hydrogen-bond acceptors (Lipinski definition) is 1. The minimum Gasteiger partial charge on any atom is -0.390 e. The zero-order valence-electron chi connectivity index (χ0n) is 14.6. The van der Waals surface area contributed by atoms with Crippen LogP contribution in [0.2, 0.25) is 0 Å². The summed E-state index contributed by atoms with van der Waals surface area (Å²) in [5, 5.41) is 10.0. The monoisotopic (exact) mass is 298 g/mol. The third-order valence-electron chi connectivity index (χ3n) is 4.78. The zero-order chi connectivity index (χ0) is 16.2. The molecule has 0 unspecified atom stereocenters. The minimum atomic E-state index is -0.568. The highest BCUT2D eigenvalue weighted by molar-refractivity contribution is 5.33. The molecule has 1 N–H and O–H groups in total. The van der Waals surface area contributed by atoms with Crippen LogP contribution in [-0.4, -0.2) is 10.7 Å². The van der Waals surface area contributed by atoms with Crippen LogP contribution in [0.25, 0.3) is 0 Å². The van der Waals surface area contributed by atoms with Gasteiger partial charge < -0.3 is 5.11 Å². The van der Waals surface area contributed by atoms with E-state index in [1.807, 2.05) is 13.8 Å². The lowest BCUT2D eigenvalue weighted by atomic mass is 9.82. The molecule has 0 bridgehead atoms. The Morgan fingerprint density at radius 1 is 0.864 bits per heavy atom. The van der Waals surface area contributed by atoms with Crippen LogP contribution in [-0.2, 0) is 6.42 Å². The molecule has 0 spiro atoms. The molecule has 2 rings (SSSR count). The van der Waals surface area contributed by atoms with Crippen LogP contribution in [0.5, 0.6) is 0 Å². The number of rotatable bonds is 6. The summed E-state index contributed by atoms with van der Waals surface area (Å²) >= 11 is 0. The van der Waals surface area contributed by atoms with Gasteiger partial charge in [0.25, 0.3) is 0 Å². The van der Waals surface area contributed by atoms with E-state index >= 15 is 0 Å². The minimum absolute atomic E-state index is 0.568. The van der Waals surface area contributed by atoms with Gasteiger partial charge in [0.2, 0.25) is 0 Å². The maximum Gasteiger partial charge on any atom is 0.0594 e. The van der Waals surface area contributed by atoms with Gasteiger partial charge in [-0.15, -0.1) is 0 Å². The predicted molar refractivity (Wildman–Crippen MR) is 94.9 cm³/mol. The lowest BCUT2D eigenvalue weighted by molar-refractivity contribution is 0.0711. The van der Waals surface area contributed by atoms with E-state index in [1.165, 1.54) is 16.7 Å². The van der Waals surface area contributed by atoms with Crippen LogP contribution < -0.4 is 0 Å². The Balaban J connectivity index is 2.07. The van der Waals surface area contributed by atoms with Crippen molar-refractivity contribution in [1.29, 1.82) is 0 Å². The standard InChI is InChI=1S/C21H30O/c1-16-14-19(11-10-18-8-6-5-7-9-18)20(15-17(16)2)12-13-21(3,4)22/h5-9,22H,10-15H2,1-4H3. The van der Waals surface area contributed by atoms with E-state index in [-0.39, 0.29) is 0 Å². The number of hydrogen-bond donors (Lipinski definition) is 1. The smallest absolute Gasteiger partial charge is 0.0594 e. The molecule has 0 atom stereocenters. The summed E-state index contributed by atoms with van der Waals surface area (Å²) in [5.41, 5.74) is 7.09. The van der Waals surface area contributed by atoms with Gasteiger partial charge in [0, 0.05) is 0 Å². The predicted octanol–water partition coefficient (Wildman–Crippen LogP) is 5.60. The largest absolute Gasteiger partial charge is 0.390 e. The number of benzene rings is 1. The fourth-order valence-corrected chi connectivity index (χ4v) is 3.12. The van der Waals surface area contributed by atoms with Crippen molar-refractivity contribution < 1.29 is 5.11 Å². The van der Waals surface area contributed by atoms with Crippen LogP contribution in [0.1, 0.15) is 65.4 Å². The van der Waals surface area contributed by atoms with Crippen LogP contribution in [0.15, 0.2) is 52.6 Å². The SMILES string of the molecule is CC1=C(C)CC(CCC(C)(C)O)=C(CCc2ccccc2)C1. The molecule has 1 aromatic rings. The molecule has 0 saturated carbocycles. The van der Waals surface area contributed by atoms with Crippen molar-refractivity contribution in [2.75, 3.05) is 0 Å². The molecule has 1 nitrogen and oxygen atoms in total. The first-order valence-electron chi connectivity index (χ1n) is 8.46. The van der Waals surface area contributed by atoms with Gasteiger partial charge in [0.1, 0.15) is 0 Å². The van der Waals surface area contributed by atoms with E-state index in [2.05, 4.69) is 44.2 Å². The maximum atomic E-state index is 10.0. The van der Waals surface area contributed by atoms with Crippen molar-refractivity contribution >= 4 is 0 Å². The molecule has 0 aromatic heterocycles. The van der Waals surface area contributed by atoms with E-state index in [1.54, 1.807) is 11.1 Å². The van der Waals surface area contributed by atoms with Crippen molar-refractivity contribution in [2.24, 2.45) is 0 Å². The van der Waals surface area contributed by atoms with Gasteiger partial charge in [-0.3, -0.25) is 0 Å². The molecule has 0 heterocycles. The average molecular weight is 298 g/mol. The van der Waals surface area contributed by atoms with E-state index in [9.17, 15) is 5.11 Å². The Labute approximate surface area is 135 Å². The van der Waals surface area contributed by atoms with Gasteiger partial charge in [-0.1, -0.05) is 52.6 Å². The Bertz CT molecular complexity index is 555. The lowest BCUT2D eigenvalue weighted by Gasteiger charge is -2.26. The van der Waals surface area contributed by atoms with Gasteiger partial charge in [0.15, 0.2) is 0 Å². The Kier molecular flexibility index (Phi) is 5.63. The summed E-state index contributed by atoms with van der Waals surface area (Å²) in [6, 6.07) is 10.8. The fraction of sp³-hybridized carbons (Fsp3) is 0.524. The van der Waals surface area contributed by atoms with Crippen molar-refractivity contribution in [3.05, 3.63) is 58.2 Å². The van der Waals surface area contributed by atoms with Crippen molar-refractivity contribution in [3.8, 4) is 0 Å². The Hall–Kier alpha value is -1.34. The molecule has 0 radical (unpaired) electrons. The normalized spacial score (nSPS) is 16.4. The molecule has 1 heteroatoms. The van der Waals surface area contributed by atoms with Crippen molar-refractivity contribution in [2.45, 2.75) is 71.8 Å². The molecule has 120 valence electrons. The molecule has 1 aliphatic rings. The van der Waals surface area contributed by atoms with E-state index in [0.29, 0.717) is 0 Å².